The van der Waals surface area contributed by atoms with Crippen molar-refractivity contribution in [2.24, 2.45) is 0 Å². The molecule has 0 amide bonds. The van der Waals surface area contributed by atoms with Crippen molar-refractivity contribution < 1.29 is 0 Å². The number of para-hydroxylation sites is 1. The zero-order valence-corrected chi connectivity index (χ0v) is 7.90. The van der Waals surface area contributed by atoms with E-state index in [1.54, 1.807) is 0 Å². The minimum atomic E-state index is 0.695. The maximum absolute atomic E-state index is 4.33. The molecule has 0 spiro atoms. The van der Waals surface area contributed by atoms with Gasteiger partial charge < -0.3 is 5.32 Å². The minimum Gasteiger partial charge on any atom is -0.382 e. The van der Waals surface area contributed by atoms with Gasteiger partial charge in [0.15, 0.2) is 0 Å². The molecule has 0 aliphatic heterocycles. The molecule has 70 valence electrons. The Kier molecular flexibility index (Phi) is 1.66. The number of anilines is 1. The molecular formula is C12H12N2. The van der Waals surface area contributed by atoms with Crippen LogP contribution in [0.15, 0.2) is 36.5 Å². The number of hydrogen-bond donors (Lipinski definition) is 1. The molecule has 1 aromatic carbocycles. The van der Waals surface area contributed by atoms with Crippen molar-refractivity contribution in [2.45, 2.75) is 18.9 Å². The highest BCUT2D eigenvalue weighted by atomic mass is 15.0. The molecule has 1 heterocycles. The normalized spacial score (nSPS) is 15.7. The standard InChI is InChI=1S/C12H12N2/c1-2-4-11-10(3-1)12(7-8-13-11)14-9-5-6-9/h1-4,7-9H,5-6H2,(H,13,14). The Morgan fingerprint density at radius 3 is 2.86 bits per heavy atom. The topological polar surface area (TPSA) is 24.9 Å². The van der Waals surface area contributed by atoms with Crippen molar-refractivity contribution in [3.05, 3.63) is 36.5 Å². The largest absolute Gasteiger partial charge is 0.382 e. The third-order valence-corrected chi connectivity index (χ3v) is 2.59. The molecule has 0 saturated heterocycles. The number of nitrogens with zero attached hydrogens (tertiary/aromatic N) is 1. The van der Waals surface area contributed by atoms with Gasteiger partial charge in [0.1, 0.15) is 0 Å². The number of aromatic nitrogens is 1. The SMILES string of the molecule is c1ccc2c(NC3CC3)ccnc2c1. The fourth-order valence-corrected chi connectivity index (χ4v) is 1.67. The van der Waals surface area contributed by atoms with Crippen LogP contribution in [0.5, 0.6) is 0 Å². The van der Waals surface area contributed by atoms with Gasteiger partial charge in [-0.05, 0) is 25.0 Å². The highest BCUT2D eigenvalue weighted by Crippen LogP contribution is 2.28. The van der Waals surface area contributed by atoms with Gasteiger partial charge in [-0.3, -0.25) is 4.98 Å². The van der Waals surface area contributed by atoms with Crippen LogP contribution in [0.4, 0.5) is 5.69 Å². The molecule has 1 fully saturated rings. The molecular weight excluding hydrogens is 172 g/mol. The van der Waals surface area contributed by atoms with Crippen molar-refractivity contribution >= 4 is 16.6 Å². The first-order valence-electron chi connectivity index (χ1n) is 5.04. The van der Waals surface area contributed by atoms with Crippen molar-refractivity contribution in [1.29, 1.82) is 0 Å². The van der Waals surface area contributed by atoms with Crippen LogP contribution in [0.1, 0.15) is 12.8 Å². The monoisotopic (exact) mass is 184 g/mol. The van der Waals surface area contributed by atoms with Gasteiger partial charge in [-0.1, -0.05) is 18.2 Å². The summed E-state index contributed by atoms with van der Waals surface area (Å²) in [6, 6.07) is 11.0. The van der Waals surface area contributed by atoms with E-state index in [1.165, 1.54) is 23.9 Å². The second-order valence-corrected chi connectivity index (χ2v) is 3.79. The van der Waals surface area contributed by atoms with E-state index >= 15 is 0 Å². The molecule has 0 atom stereocenters. The summed E-state index contributed by atoms with van der Waals surface area (Å²) in [7, 11) is 0. The van der Waals surface area contributed by atoms with E-state index in [0.29, 0.717) is 6.04 Å². The Hall–Kier alpha value is -1.57. The number of nitrogens with one attached hydrogen (secondary N) is 1. The Bertz CT molecular complexity index is 455. The lowest BCUT2D eigenvalue weighted by Gasteiger charge is -2.07. The second kappa shape index (κ2) is 2.98. The van der Waals surface area contributed by atoms with Crippen LogP contribution >= 0.6 is 0 Å². The Morgan fingerprint density at radius 1 is 1.14 bits per heavy atom. The molecule has 14 heavy (non-hydrogen) atoms. The van der Waals surface area contributed by atoms with Gasteiger partial charge >= 0.3 is 0 Å². The maximum atomic E-state index is 4.33. The van der Waals surface area contributed by atoms with E-state index in [1.807, 2.05) is 18.3 Å². The Morgan fingerprint density at radius 2 is 2.00 bits per heavy atom. The van der Waals surface area contributed by atoms with Crippen molar-refractivity contribution in [3.63, 3.8) is 0 Å². The van der Waals surface area contributed by atoms with Crippen LogP contribution in [-0.2, 0) is 0 Å². The first-order chi connectivity index (χ1) is 6.93. The first-order valence-corrected chi connectivity index (χ1v) is 5.04. The van der Waals surface area contributed by atoms with Crippen molar-refractivity contribution in [3.8, 4) is 0 Å². The van der Waals surface area contributed by atoms with E-state index < -0.39 is 0 Å². The van der Waals surface area contributed by atoms with E-state index in [0.717, 1.165) is 5.52 Å². The van der Waals surface area contributed by atoms with Crippen molar-refractivity contribution in [1.82, 2.24) is 4.98 Å². The fraction of sp³-hybridized carbons (Fsp3) is 0.250. The molecule has 1 aromatic heterocycles. The Labute approximate surface area is 83.0 Å². The van der Waals surface area contributed by atoms with E-state index in [9.17, 15) is 0 Å². The summed E-state index contributed by atoms with van der Waals surface area (Å²) in [5, 5.41) is 4.74. The third-order valence-electron chi connectivity index (χ3n) is 2.59. The van der Waals surface area contributed by atoms with Crippen LogP contribution in [-0.4, -0.2) is 11.0 Å². The number of hydrogen-bond acceptors (Lipinski definition) is 2. The summed E-state index contributed by atoms with van der Waals surface area (Å²) in [4.78, 5) is 4.33. The highest BCUT2D eigenvalue weighted by molar-refractivity contribution is 5.91. The van der Waals surface area contributed by atoms with Gasteiger partial charge in [-0.25, -0.2) is 0 Å². The van der Waals surface area contributed by atoms with Gasteiger partial charge in [0.2, 0.25) is 0 Å². The molecule has 2 heteroatoms. The molecule has 1 N–H and O–H groups in total. The van der Waals surface area contributed by atoms with E-state index in [4.69, 9.17) is 0 Å². The van der Waals surface area contributed by atoms with Crippen LogP contribution in [0, 0.1) is 0 Å². The molecule has 1 saturated carbocycles. The zero-order valence-electron chi connectivity index (χ0n) is 7.90. The number of fused-ring (bicyclic) bond motifs is 1. The summed E-state index contributed by atoms with van der Waals surface area (Å²) < 4.78 is 0. The lowest BCUT2D eigenvalue weighted by atomic mass is 10.2. The van der Waals surface area contributed by atoms with Gasteiger partial charge in [-0.15, -0.1) is 0 Å². The lowest BCUT2D eigenvalue weighted by molar-refractivity contribution is 1.16. The highest BCUT2D eigenvalue weighted by Gasteiger charge is 2.21. The van der Waals surface area contributed by atoms with E-state index in [2.05, 4.69) is 28.5 Å². The predicted octanol–water partition coefficient (Wildman–Crippen LogP) is 2.81. The van der Waals surface area contributed by atoms with Gasteiger partial charge in [0, 0.05) is 23.3 Å². The second-order valence-electron chi connectivity index (χ2n) is 3.79. The molecule has 1 aliphatic carbocycles. The molecule has 0 bridgehead atoms. The summed E-state index contributed by atoms with van der Waals surface area (Å²) >= 11 is 0. The summed E-state index contributed by atoms with van der Waals surface area (Å²) in [6.07, 6.45) is 4.47. The molecule has 2 nitrogen and oxygen atoms in total. The lowest BCUT2D eigenvalue weighted by Crippen LogP contribution is -2.01. The van der Waals surface area contributed by atoms with Gasteiger partial charge in [-0.2, -0.15) is 0 Å². The average Bonchev–Trinajstić information content (AvgIpc) is 3.03. The quantitative estimate of drug-likeness (QED) is 0.776. The summed E-state index contributed by atoms with van der Waals surface area (Å²) in [5.41, 5.74) is 2.29. The predicted molar refractivity (Wildman–Crippen MR) is 58.4 cm³/mol. The molecule has 0 unspecified atom stereocenters. The maximum Gasteiger partial charge on any atom is 0.0722 e. The van der Waals surface area contributed by atoms with Crippen LogP contribution in [0.3, 0.4) is 0 Å². The summed E-state index contributed by atoms with van der Waals surface area (Å²) in [6.45, 7) is 0. The van der Waals surface area contributed by atoms with Crippen LogP contribution < -0.4 is 5.32 Å². The van der Waals surface area contributed by atoms with Crippen molar-refractivity contribution in [2.75, 3.05) is 5.32 Å². The number of benzene rings is 1. The van der Waals surface area contributed by atoms with E-state index in [-0.39, 0.29) is 0 Å². The minimum absolute atomic E-state index is 0.695. The molecule has 2 aromatic rings. The molecule has 3 rings (SSSR count). The number of pyridine rings is 1. The average molecular weight is 184 g/mol. The summed E-state index contributed by atoms with van der Waals surface area (Å²) in [5.74, 6) is 0. The Balaban J connectivity index is 2.11. The zero-order chi connectivity index (χ0) is 9.38. The van der Waals surface area contributed by atoms with Crippen LogP contribution in [0.2, 0.25) is 0 Å². The van der Waals surface area contributed by atoms with Gasteiger partial charge in [0.05, 0.1) is 5.52 Å². The van der Waals surface area contributed by atoms with Crippen LogP contribution in [0.25, 0.3) is 10.9 Å². The molecule has 0 radical (unpaired) electrons. The molecule has 1 aliphatic rings. The fourth-order valence-electron chi connectivity index (χ4n) is 1.67. The first kappa shape index (κ1) is 7.80. The third kappa shape index (κ3) is 1.33. The number of rotatable bonds is 2. The smallest absolute Gasteiger partial charge is 0.0722 e. The van der Waals surface area contributed by atoms with Gasteiger partial charge in [0.25, 0.3) is 0 Å².